The number of benzene rings is 1. The van der Waals surface area contributed by atoms with Crippen molar-refractivity contribution in [2.45, 2.75) is 32.6 Å². The fourth-order valence-corrected chi connectivity index (χ4v) is 2.33. The summed E-state index contributed by atoms with van der Waals surface area (Å²) in [4.78, 5) is 29.9. The largest absolute Gasteiger partial charge is 0.497 e. The maximum atomic E-state index is 12.2. The second-order valence-corrected chi connectivity index (χ2v) is 5.88. The summed E-state index contributed by atoms with van der Waals surface area (Å²) < 4.78 is 10.2. The summed E-state index contributed by atoms with van der Waals surface area (Å²) in [6, 6.07) is 7.03. The average Bonchev–Trinajstić information content (AvgIpc) is 3.07. The molecule has 1 N–H and O–H groups in total. The van der Waals surface area contributed by atoms with Crippen molar-refractivity contribution in [3.63, 3.8) is 0 Å². The van der Waals surface area contributed by atoms with Crippen LogP contribution in [-0.4, -0.2) is 47.6 Å². The number of aryl methyl sites for hydroxylation is 2. The molecule has 1 aromatic heterocycles. The molecule has 2 rings (SSSR count). The molecular formula is C18H24N4O4. The molecule has 0 unspecified atom stereocenters. The lowest BCUT2D eigenvalue weighted by molar-refractivity contribution is -0.133. The standard InChI is InChI=1S/C18H24N4O4/c1-4-6-15-20-17(26-21-15)9-10-18(24)22(2)12-16(23)19-13-7-5-8-14(11-13)25-3/h5,7-8,11H,4,6,9-10,12H2,1-3H3,(H,19,23). The molecule has 0 aliphatic carbocycles. The van der Waals surface area contributed by atoms with Crippen molar-refractivity contribution in [3.05, 3.63) is 36.0 Å². The molecule has 0 aliphatic heterocycles. The second kappa shape index (κ2) is 9.55. The number of methoxy groups -OCH3 is 1. The molecule has 1 aromatic carbocycles. The Hall–Kier alpha value is -2.90. The first-order chi connectivity index (χ1) is 12.5. The molecule has 2 amide bonds. The van der Waals surface area contributed by atoms with Crippen LogP contribution in [0.3, 0.4) is 0 Å². The predicted octanol–water partition coefficient (Wildman–Crippen LogP) is 2.06. The zero-order chi connectivity index (χ0) is 18.9. The number of likely N-dealkylation sites (N-methyl/N-ethyl adjacent to an activating group) is 1. The monoisotopic (exact) mass is 360 g/mol. The molecular weight excluding hydrogens is 336 g/mol. The van der Waals surface area contributed by atoms with Crippen molar-refractivity contribution in [3.8, 4) is 5.75 Å². The van der Waals surface area contributed by atoms with Crippen LogP contribution in [0.5, 0.6) is 5.75 Å². The average molecular weight is 360 g/mol. The van der Waals surface area contributed by atoms with E-state index in [1.54, 1.807) is 38.4 Å². The van der Waals surface area contributed by atoms with Gasteiger partial charge in [-0.25, -0.2) is 0 Å². The lowest BCUT2D eigenvalue weighted by atomic mass is 10.2. The zero-order valence-electron chi connectivity index (χ0n) is 15.3. The Balaban J connectivity index is 1.78. The number of aromatic nitrogens is 2. The lowest BCUT2D eigenvalue weighted by Gasteiger charge is -2.16. The molecule has 0 atom stereocenters. The van der Waals surface area contributed by atoms with Crippen molar-refractivity contribution in [1.82, 2.24) is 15.0 Å². The van der Waals surface area contributed by atoms with E-state index in [4.69, 9.17) is 9.26 Å². The molecule has 2 aromatic rings. The van der Waals surface area contributed by atoms with Gasteiger partial charge < -0.3 is 19.5 Å². The number of rotatable bonds is 9. The van der Waals surface area contributed by atoms with E-state index in [0.29, 0.717) is 29.6 Å². The van der Waals surface area contributed by atoms with Gasteiger partial charge in [0.2, 0.25) is 17.7 Å². The third kappa shape index (κ3) is 5.87. The number of nitrogens with zero attached hydrogens (tertiary/aromatic N) is 3. The molecule has 8 nitrogen and oxygen atoms in total. The van der Waals surface area contributed by atoms with E-state index in [0.717, 1.165) is 12.8 Å². The van der Waals surface area contributed by atoms with Gasteiger partial charge in [-0.05, 0) is 18.6 Å². The number of nitrogens with one attached hydrogen (secondary N) is 1. The van der Waals surface area contributed by atoms with Crippen LogP contribution >= 0.6 is 0 Å². The maximum absolute atomic E-state index is 12.2. The minimum atomic E-state index is -0.280. The van der Waals surface area contributed by atoms with Crippen LogP contribution in [0.1, 0.15) is 31.5 Å². The van der Waals surface area contributed by atoms with Gasteiger partial charge in [-0.1, -0.05) is 18.1 Å². The lowest BCUT2D eigenvalue weighted by Crippen LogP contribution is -2.35. The summed E-state index contributed by atoms with van der Waals surface area (Å²) >= 11 is 0. The molecule has 0 saturated heterocycles. The number of amides is 2. The fraction of sp³-hybridized carbons (Fsp3) is 0.444. The van der Waals surface area contributed by atoms with E-state index < -0.39 is 0 Å². The normalized spacial score (nSPS) is 10.4. The molecule has 1 heterocycles. The van der Waals surface area contributed by atoms with Gasteiger partial charge in [0.25, 0.3) is 0 Å². The number of ether oxygens (including phenoxy) is 1. The molecule has 0 radical (unpaired) electrons. The van der Waals surface area contributed by atoms with Gasteiger partial charge in [-0.15, -0.1) is 0 Å². The number of hydrogen-bond donors (Lipinski definition) is 1. The van der Waals surface area contributed by atoms with Crippen molar-refractivity contribution in [1.29, 1.82) is 0 Å². The minimum absolute atomic E-state index is 0.0407. The Bertz CT molecular complexity index is 744. The van der Waals surface area contributed by atoms with E-state index in [2.05, 4.69) is 15.5 Å². The highest BCUT2D eigenvalue weighted by Crippen LogP contribution is 2.16. The van der Waals surface area contributed by atoms with Gasteiger partial charge >= 0.3 is 0 Å². The highest BCUT2D eigenvalue weighted by atomic mass is 16.5. The van der Waals surface area contributed by atoms with Crippen molar-refractivity contribution < 1.29 is 18.8 Å². The van der Waals surface area contributed by atoms with E-state index in [1.807, 2.05) is 6.92 Å². The van der Waals surface area contributed by atoms with Crippen LogP contribution in [-0.2, 0) is 22.4 Å². The first-order valence-electron chi connectivity index (χ1n) is 8.51. The van der Waals surface area contributed by atoms with Gasteiger partial charge in [-0.2, -0.15) is 4.98 Å². The summed E-state index contributed by atoms with van der Waals surface area (Å²) in [6.45, 7) is 1.99. The Morgan fingerprint density at radius 1 is 1.31 bits per heavy atom. The molecule has 26 heavy (non-hydrogen) atoms. The molecule has 140 valence electrons. The van der Waals surface area contributed by atoms with E-state index in [9.17, 15) is 9.59 Å². The fourth-order valence-electron chi connectivity index (χ4n) is 2.33. The number of carbonyl (C=O) groups is 2. The summed E-state index contributed by atoms with van der Waals surface area (Å²) in [7, 11) is 3.14. The third-order valence-electron chi connectivity index (χ3n) is 3.70. The summed E-state index contributed by atoms with van der Waals surface area (Å²) in [5.74, 6) is 1.30. The van der Waals surface area contributed by atoms with Gasteiger partial charge in [0.1, 0.15) is 5.75 Å². The van der Waals surface area contributed by atoms with Crippen LogP contribution < -0.4 is 10.1 Å². The van der Waals surface area contributed by atoms with Crippen molar-refractivity contribution >= 4 is 17.5 Å². The molecule has 0 aliphatic rings. The smallest absolute Gasteiger partial charge is 0.243 e. The third-order valence-corrected chi connectivity index (χ3v) is 3.70. The van der Waals surface area contributed by atoms with Crippen LogP contribution in [0.25, 0.3) is 0 Å². The van der Waals surface area contributed by atoms with Gasteiger partial charge in [0.15, 0.2) is 5.82 Å². The van der Waals surface area contributed by atoms with E-state index >= 15 is 0 Å². The van der Waals surface area contributed by atoms with Crippen LogP contribution in [0.15, 0.2) is 28.8 Å². The van der Waals surface area contributed by atoms with E-state index in [1.165, 1.54) is 4.90 Å². The molecule has 0 spiro atoms. The van der Waals surface area contributed by atoms with Crippen molar-refractivity contribution in [2.24, 2.45) is 0 Å². The Morgan fingerprint density at radius 3 is 2.85 bits per heavy atom. The topological polar surface area (TPSA) is 97.6 Å². The molecule has 0 saturated carbocycles. The van der Waals surface area contributed by atoms with Crippen LogP contribution in [0.4, 0.5) is 5.69 Å². The Labute approximate surface area is 152 Å². The zero-order valence-corrected chi connectivity index (χ0v) is 15.3. The van der Waals surface area contributed by atoms with Gasteiger partial charge in [0, 0.05) is 38.1 Å². The minimum Gasteiger partial charge on any atom is -0.497 e. The molecule has 0 bridgehead atoms. The SMILES string of the molecule is CCCc1noc(CCC(=O)N(C)CC(=O)Nc2cccc(OC)c2)n1. The Morgan fingerprint density at radius 2 is 2.12 bits per heavy atom. The summed E-state index contributed by atoms with van der Waals surface area (Å²) in [5.41, 5.74) is 0.615. The highest BCUT2D eigenvalue weighted by Gasteiger charge is 2.15. The molecule has 0 fully saturated rings. The predicted molar refractivity (Wildman–Crippen MR) is 95.9 cm³/mol. The van der Waals surface area contributed by atoms with Gasteiger partial charge in [-0.3, -0.25) is 9.59 Å². The molecule has 8 heteroatoms. The van der Waals surface area contributed by atoms with E-state index in [-0.39, 0.29) is 24.8 Å². The number of anilines is 1. The van der Waals surface area contributed by atoms with Crippen LogP contribution in [0.2, 0.25) is 0 Å². The van der Waals surface area contributed by atoms with Gasteiger partial charge in [0.05, 0.1) is 13.7 Å². The summed E-state index contributed by atoms with van der Waals surface area (Å²) in [5, 5.41) is 6.59. The van der Waals surface area contributed by atoms with Crippen LogP contribution in [0, 0.1) is 0 Å². The summed E-state index contributed by atoms with van der Waals surface area (Å²) in [6.07, 6.45) is 2.25. The number of hydrogen-bond acceptors (Lipinski definition) is 6. The highest BCUT2D eigenvalue weighted by molar-refractivity contribution is 5.94. The first kappa shape index (κ1) is 19.4. The Kier molecular flexibility index (Phi) is 7.13. The maximum Gasteiger partial charge on any atom is 0.243 e. The first-order valence-corrected chi connectivity index (χ1v) is 8.51. The second-order valence-electron chi connectivity index (χ2n) is 5.88. The number of carbonyl (C=O) groups excluding carboxylic acids is 2. The quantitative estimate of drug-likeness (QED) is 0.735. The van der Waals surface area contributed by atoms with Crippen molar-refractivity contribution in [2.75, 3.05) is 26.0 Å².